The van der Waals surface area contributed by atoms with Crippen LogP contribution in [0.15, 0.2) is 0 Å². The van der Waals surface area contributed by atoms with Gasteiger partial charge in [0.2, 0.25) is 0 Å². The van der Waals surface area contributed by atoms with Crippen molar-refractivity contribution in [3.63, 3.8) is 0 Å². The number of nitrogens with two attached hydrogens (primary N) is 1. The van der Waals surface area contributed by atoms with Crippen LogP contribution in [0.4, 0.5) is 13.2 Å². The third-order valence-electron chi connectivity index (χ3n) is 1.65. The standard InChI is InChI=1S/C8H16F3NS/c1-2-3-4-5-13-7(6-12)8(9,10)11/h7H,2-6,12H2,1H3. The van der Waals surface area contributed by atoms with E-state index in [1.807, 2.05) is 6.92 Å². The molecule has 0 fully saturated rings. The lowest BCUT2D eigenvalue weighted by Gasteiger charge is -2.17. The van der Waals surface area contributed by atoms with Crippen LogP contribution in [0.5, 0.6) is 0 Å². The maximum Gasteiger partial charge on any atom is 0.401 e. The second-order valence-electron chi connectivity index (χ2n) is 2.84. The average molecular weight is 215 g/mol. The molecule has 1 atom stereocenters. The molecule has 2 N–H and O–H groups in total. The number of halogens is 3. The summed E-state index contributed by atoms with van der Waals surface area (Å²) in [4.78, 5) is 0. The van der Waals surface area contributed by atoms with Crippen LogP contribution in [0, 0.1) is 0 Å². The van der Waals surface area contributed by atoms with Crippen LogP contribution in [0.1, 0.15) is 26.2 Å². The SMILES string of the molecule is CCCCCSC(CN)C(F)(F)F. The van der Waals surface area contributed by atoms with Crippen LogP contribution in [0.3, 0.4) is 0 Å². The zero-order valence-electron chi connectivity index (χ0n) is 7.73. The van der Waals surface area contributed by atoms with Gasteiger partial charge in [-0.15, -0.1) is 11.8 Å². The predicted octanol–water partition coefficient (Wildman–Crippen LogP) is 2.80. The first-order chi connectivity index (χ1) is 6.02. The summed E-state index contributed by atoms with van der Waals surface area (Å²) >= 11 is 0.918. The van der Waals surface area contributed by atoms with Gasteiger partial charge in [0.05, 0.1) is 0 Å². The van der Waals surface area contributed by atoms with Gasteiger partial charge < -0.3 is 5.73 Å². The molecule has 0 spiro atoms. The van der Waals surface area contributed by atoms with Crippen molar-refractivity contribution in [1.82, 2.24) is 0 Å². The van der Waals surface area contributed by atoms with Gasteiger partial charge in [0.15, 0.2) is 0 Å². The van der Waals surface area contributed by atoms with E-state index in [1.54, 1.807) is 0 Å². The molecule has 0 aromatic rings. The Morgan fingerprint density at radius 2 is 1.92 bits per heavy atom. The number of alkyl halides is 3. The van der Waals surface area contributed by atoms with Gasteiger partial charge in [-0.3, -0.25) is 0 Å². The van der Waals surface area contributed by atoms with Gasteiger partial charge in [-0.2, -0.15) is 13.2 Å². The molecule has 0 aromatic carbocycles. The number of rotatable bonds is 6. The van der Waals surface area contributed by atoms with E-state index in [-0.39, 0.29) is 6.54 Å². The Morgan fingerprint density at radius 1 is 1.31 bits per heavy atom. The zero-order chi connectivity index (χ0) is 10.3. The fraction of sp³-hybridized carbons (Fsp3) is 1.00. The number of hydrogen-bond donors (Lipinski definition) is 1. The summed E-state index contributed by atoms with van der Waals surface area (Å²) in [6.45, 7) is 1.70. The van der Waals surface area contributed by atoms with Gasteiger partial charge in [-0.1, -0.05) is 19.8 Å². The molecule has 13 heavy (non-hydrogen) atoms. The molecule has 0 radical (unpaired) electrons. The normalized spacial score (nSPS) is 14.5. The van der Waals surface area contributed by atoms with E-state index in [9.17, 15) is 13.2 Å². The second-order valence-corrected chi connectivity index (χ2v) is 4.15. The largest absolute Gasteiger partial charge is 0.401 e. The molecule has 0 bridgehead atoms. The molecule has 0 saturated heterocycles. The quantitative estimate of drug-likeness (QED) is 0.689. The molecule has 0 aliphatic rings. The Morgan fingerprint density at radius 3 is 2.31 bits per heavy atom. The van der Waals surface area contributed by atoms with Gasteiger partial charge in [0, 0.05) is 6.54 Å². The minimum atomic E-state index is -4.15. The van der Waals surface area contributed by atoms with Crippen molar-refractivity contribution >= 4 is 11.8 Å². The van der Waals surface area contributed by atoms with Crippen LogP contribution < -0.4 is 5.73 Å². The van der Waals surface area contributed by atoms with Crippen molar-refractivity contribution in [2.75, 3.05) is 12.3 Å². The molecule has 0 rings (SSSR count). The highest BCUT2D eigenvalue weighted by molar-refractivity contribution is 8.00. The van der Waals surface area contributed by atoms with E-state index in [0.717, 1.165) is 31.0 Å². The summed E-state index contributed by atoms with van der Waals surface area (Å²) in [6.07, 6.45) is -1.29. The summed E-state index contributed by atoms with van der Waals surface area (Å²) in [5.74, 6) is 0.551. The van der Waals surface area contributed by atoms with E-state index < -0.39 is 11.4 Å². The molecular weight excluding hydrogens is 199 g/mol. The Labute approximate surface area is 81.3 Å². The first-order valence-corrected chi connectivity index (χ1v) is 5.45. The lowest BCUT2D eigenvalue weighted by atomic mass is 10.3. The molecule has 1 nitrogen and oxygen atoms in total. The monoisotopic (exact) mass is 215 g/mol. The predicted molar refractivity (Wildman–Crippen MR) is 50.9 cm³/mol. The van der Waals surface area contributed by atoms with Crippen molar-refractivity contribution in [3.8, 4) is 0 Å². The van der Waals surface area contributed by atoms with Gasteiger partial charge in [-0.05, 0) is 12.2 Å². The first-order valence-electron chi connectivity index (χ1n) is 4.40. The van der Waals surface area contributed by atoms with E-state index in [2.05, 4.69) is 0 Å². The molecule has 80 valence electrons. The van der Waals surface area contributed by atoms with Gasteiger partial charge in [0.25, 0.3) is 0 Å². The molecule has 0 aliphatic carbocycles. The summed E-state index contributed by atoms with van der Waals surface area (Å²) in [5, 5.41) is -1.38. The van der Waals surface area contributed by atoms with Crippen molar-refractivity contribution in [2.45, 2.75) is 37.6 Å². The molecule has 0 heterocycles. The highest BCUT2D eigenvalue weighted by atomic mass is 32.2. The van der Waals surface area contributed by atoms with Crippen molar-refractivity contribution in [2.24, 2.45) is 5.73 Å². The van der Waals surface area contributed by atoms with E-state index >= 15 is 0 Å². The molecule has 0 aliphatic heterocycles. The zero-order valence-corrected chi connectivity index (χ0v) is 8.55. The highest BCUT2D eigenvalue weighted by Gasteiger charge is 2.38. The number of hydrogen-bond acceptors (Lipinski definition) is 2. The lowest BCUT2D eigenvalue weighted by Crippen LogP contribution is -2.33. The molecule has 1 unspecified atom stereocenters. The minimum absolute atomic E-state index is 0.319. The van der Waals surface area contributed by atoms with E-state index in [1.165, 1.54) is 0 Å². The molecule has 0 amide bonds. The van der Waals surface area contributed by atoms with E-state index in [0.29, 0.717) is 5.75 Å². The van der Waals surface area contributed by atoms with Crippen LogP contribution in [-0.4, -0.2) is 23.7 Å². The van der Waals surface area contributed by atoms with Gasteiger partial charge in [0.1, 0.15) is 5.25 Å². The summed E-state index contributed by atoms with van der Waals surface area (Å²) in [5.41, 5.74) is 5.03. The topological polar surface area (TPSA) is 26.0 Å². The maximum absolute atomic E-state index is 12.1. The minimum Gasteiger partial charge on any atom is -0.329 e. The van der Waals surface area contributed by atoms with Gasteiger partial charge >= 0.3 is 6.18 Å². The fourth-order valence-corrected chi connectivity index (χ4v) is 1.85. The van der Waals surface area contributed by atoms with Crippen LogP contribution >= 0.6 is 11.8 Å². The summed E-state index contributed by atoms with van der Waals surface area (Å²) in [6, 6.07) is 0. The maximum atomic E-state index is 12.1. The third kappa shape index (κ3) is 6.21. The van der Waals surface area contributed by atoms with Crippen LogP contribution in [-0.2, 0) is 0 Å². The molecule has 0 saturated carbocycles. The molecule has 5 heteroatoms. The van der Waals surface area contributed by atoms with Crippen molar-refractivity contribution in [1.29, 1.82) is 0 Å². The Kier molecular flexibility index (Phi) is 6.59. The van der Waals surface area contributed by atoms with Crippen LogP contribution in [0.2, 0.25) is 0 Å². The summed E-state index contributed by atoms with van der Waals surface area (Å²) in [7, 11) is 0. The fourth-order valence-electron chi connectivity index (χ4n) is 0.874. The molecule has 0 aromatic heterocycles. The average Bonchev–Trinajstić information content (AvgIpc) is 2.02. The third-order valence-corrected chi connectivity index (χ3v) is 3.03. The molecular formula is C8H16F3NS. The Bertz CT molecular complexity index is 127. The number of unbranched alkanes of at least 4 members (excludes halogenated alkanes) is 2. The van der Waals surface area contributed by atoms with Gasteiger partial charge in [-0.25, -0.2) is 0 Å². The van der Waals surface area contributed by atoms with Crippen molar-refractivity contribution < 1.29 is 13.2 Å². The second kappa shape index (κ2) is 6.54. The first kappa shape index (κ1) is 13.1. The Hall–Kier alpha value is 0.100. The number of thioether (sulfide) groups is 1. The summed E-state index contributed by atoms with van der Waals surface area (Å²) < 4.78 is 36.4. The van der Waals surface area contributed by atoms with E-state index in [4.69, 9.17) is 5.73 Å². The van der Waals surface area contributed by atoms with Crippen LogP contribution in [0.25, 0.3) is 0 Å². The highest BCUT2D eigenvalue weighted by Crippen LogP contribution is 2.30. The Balaban J connectivity index is 3.61. The lowest BCUT2D eigenvalue weighted by molar-refractivity contribution is -0.126. The van der Waals surface area contributed by atoms with Crippen molar-refractivity contribution in [3.05, 3.63) is 0 Å². The smallest absolute Gasteiger partial charge is 0.329 e.